The smallest absolute Gasteiger partial charge is 0.240 e. The lowest BCUT2D eigenvalue weighted by Crippen LogP contribution is -2.23. The predicted molar refractivity (Wildman–Crippen MR) is 85.6 cm³/mol. The van der Waals surface area contributed by atoms with E-state index < -0.39 is 10.0 Å². The minimum absolute atomic E-state index is 0.280. The lowest BCUT2D eigenvalue weighted by molar-refractivity contribution is 0.357. The van der Waals surface area contributed by atoms with Crippen LogP contribution in [0.4, 0.5) is 0 Å². The average molecular weight is 317 g/mol. The molecule has 1 aliphatic rings. The Morgan fingerprint density at radius 2 is 1.91 bits per heavy atom. The Balaban J connectivity index is 1.76. The van der Waals surface area contributed by atoms with Crippen molar-refractivity contribution in [3.8, 4) is 5.75 Å². The molecule has 4 nitrogen and oxygen atoms in total. The summed E-state index contributed by atoms with van der Waals surface area (Å²) in [7, 11) is -3.49. The minimum atomic E-state index is -3.49. The van der Waals surface area contributed by atoms with Gasteiger partial charge in [0.15, 0.2) is 0 Å². The Morgan fingerprint density at radius 1 is 1.09 bits per heavy atom. The van der Waals surface area contributed by atoms with Crippen molar-refractivity contribution >= 4 is 10.0 Å². The van der Waals surface area contributed by atoms with Crippen LogP contribution < -0.4 is 9.46 Å². The molecule has 3 rings (SSSR count). The zero-order chi connectivity index (χ0) is 15.7. The highest BCUT2D eigenvalue weighted by atomic mass is 32.2. The van der Waals surface area contributed by atoms with Crippen molar-refractivity contribution in [2.24, 2.45) is 0 Å². The maximum Gasteiger partial charge on any atom is 0.240 e. The predicted octanol–water partition coefficient (Wildman–Crippen LogP) is 2.72. The highest BCUT2D eigenvalue weighted by molar-refractivity contribution is 7.89. The van der Waals surface area contributed by atoms with Crippen LogP contribution in [0.1, 0.15) is 22.3 Å². The van der Waals surface area contributed by atoms with Gasteiger partial charge in [-0.05, 0) is 54.3 Å². The van der Waals surface area contributed by atoms with Crippen molar-refractivity contribution in [2.75, 3.05) is 6.61 Å². The van der Waals surface area contributed by atoms with E-state index in [1.54, 1.807) is 12.1 Å². The molecule has 2 aromatic rings. The second kappa shape index (κ2) is 5.74. The molecule has 5 heteroatoms. The van der Waals surface area contributed by atoms with Gasteiger partial charge >= 0.3 is 0 Å². The standard InChI is InChI=1S/C17H19NO3S/c1-12-3-5-16(9-13(12)2)22(19,20)18-11-14-4-6-17-15(10-14)7-8-21-17/h3-6,9-10,18H,7-8,11H2,1-2H3. The van der Waals surface area contributed by atoms with Crippen LogP contribution in [0.5, 0.6) is 5.75 Å². The number of hydrogen-bond donors (Lipinski definition) is 1. The van der Waals surface area contributed by atoms with E-state index in [4.69, 9.17) is 4.74 Å². The summed E-state index contributed by atoms with van der Waals surface area (Å²) in [5.41, 5.74) is 4.13. The minimum Gasteiger partial charge on any atom is -0.493 e. The van der Waals surface area contributed by atoms with Gasteiger partial charge in [-0.25, -0.2) is 13.1 Å². The molecule has 1 aliphatic heterocycles. The number of ether oxygens (including phenoxy) is 1. The number of fused-ring (bicyclic) bond motifs is 1. The molecule has 0 spiro atoms. The number of rotatable bonds is 4. The summed E-state index contributed by atoms with van der Waals surface area (Å²) in [6.07, 6.45) is 0.882. The summed E-state index contributed by atoms with van der Waals surface area (Å²) >= 11 is 0. The first-order valence-electron chi connectivity index (χ1n) is 7.27. The highest BCUT2D eigenvalue weighted by Gasteiger charge is 2.16. The van der Waals surface area contributed by atoms with Gasteiger partial charge in [-0.1, -0.05) is 18.2 Å². The molecule has 2 aromatic carbocycles. The van der Waals surface area contributed by atoms with E-state index in [2.05, 4.69) is 4.72 Å². The van der Waals surface area contributed by atoms with Gasteiger partial charge in [-0.3, -0.25) is 0 Å². The first kappa shape index (κ1) is 15.1. The lowest BCUT2D eigenvalue weighted by Gasteiger charge is -2.09. The fourth-order valence-corrected chi connectivity index (χ4v) is 3.60. The van der Waals surface area contributed by atoms with Crippen LogP contribution in [0.15, 0.2) is 41.3 Å². The summed E-state index contributed by atoms with van der Waals surface area (Å²) in [5.74, 6) is 0.903. The van der Waals surface area contributed by atoms with Crippen LogP contribution in [0.2, 0.25) is 0 Å². The van der Waals surface area contributed by atoms with Crippen LogP contribution >= 0.6 is 0 Å². The molecule has 1 heterocycles. The first-order chi connectivity index (χ1) is 10.5. The third-order valence-electron chi connectivity index (χ3n) is 4.01. The van der Waals surface area contributed by atoms with Gasteiger partial charge in [0.05, 0.1) is 11.5 Å². The lowest BCUT2D eigenvalue weighted by atomic mass is 10.1. The molecular formula is C17H19NO3S. The van der Waals surface area contributed by atoms with Gasteiger partial charge in [-0.2, -0.15) is 0 Å². The summed E-state index contributed by atoms with van der Waals surface area (Å²) in [6.45, 7) is 4.86. The summed E-state index contributed by atoms with van der Waals surface area (Å²) in [5, 5.41) is 0. The zero-order valence-corrected chi connectivity index (χ0v) is 13.5. The summed E-state index contributed by atoms with van der Waals surface area (Å²) < 4.78 is 32.8. The molecule has 0 aromatic heterocycles. The number of hydrogen-bond acceptors (Lipinski definition) is 3. The van der Waals surface area contributed by atoms with E-state index in [0.717, 1.165) is 34.4 Å². The normalized spacial score (nSPS) is 13.7. The van der Waals surface area contributed by atoms with Crippen LogP contribution in [0, 0.1) is 13.8 Å². The van der Waals surface area contributed by atoms with Crippen molar-refractivity contribution in [3.63, 3.8) is 0 Å². The van der Waals surface area contributed by atoms with Crippen molar-refractivity contribution in [1.29, 1.82) is 0 Å². The van der Waals surface area contributed by atoms with Crippen LogP contribution in [-0.2, 0) is 23.0 Å². The van der Waals surface area contributed by atoms with E-state index in [9.17, 15) is 8.42 Å². The van der Waals surface area contributed by atoms with E-state index in [-0.39, 0.29) is 6.54 Å². The molecule has 116 valence electrons. The van der Waals surface area contributed by atoms with Crippen molar-refractivity contribution < 1.29 is 13.2 Å². The molecule has 0 amide bonds. The SMILES string of the molecule is Cc1ccc(S(=O)(=O)NCc2ccc3c(c2)CCO3)cc1C. The molecule has 22 heavy (non-hydrogen) atoms. The zero-order valence-electron chi connectivity index (χ0n) is 12.7. The second-order valence-electron chi connectivity index (χ2n) is 5.61. The van der Waals surface area contributed by atoms with Crippen molar-refractivity contribution in [2.45, 2.75) is 31.7 Å². The van der Waals surface area contributed by atoms with Gasteiger partial charge < -0.3 is 4.74 Å². The van der Waals surface area contributed by atoms with E-state index in [1.807, 2.05) is 38.1 Å². The Bertz CT molecular complexity index is 813. The fourth-order valence-electron chi connectivity index (χ4n) is 2.49. The Kier molecular flexibility index (Phi) is 3.93. The molecule has 0 saturated heterocycles. The molecule has 0 unspecified atom stereocenters. The largest absolute Gasteiger partial charge is 0.493 e. The average Bonchev–Trinajstić information content (AvgIpc) is 2.95. The van der Waals surface area contributed by atoms with Crippen LogP contribution in [0.3, 0.4) is 0 Å². The van der Waals surface area contributed by atoms with Crippen molar-refractivity contribution in [1.82, 2.24) is 4.72 Å². The molecule has 0 atom stereocenters. The second-order valence-corrected chi connectivity index (χ2v) is 7.38. The highest BCUT2D eigenvalue weighted by Crippen LogP contribution is 2.26. The Hall–Kier alpha value is -1.85. The maximum absolute atomic E-state index is 12.4. The van der Waals surface area contributed by atoms with Gasteiger partial charge in [0.1, 0.15) is 5.75 Å². The molecule has 0 aliphatic carbocycles. The number of nitrogens with one attached hydrogen (secondary N) is 1. The third-order valence-corrected chi connectivity index (χ3v) is 5.41. The quantitative estimate of drug-likeness (QED) is 0.943. The van der Waals surface area contributed by atoms with E-state index in [1.165, 1.54) is 0 Å². The summed E-state index contributed by atoms with van der Waals surface area (Å²) in [6, 6.07) is 11.0. The van der Waals surface area contributed by atoms with E-state index in [0.29, 0.717) is 11.5 Å². The molecule has 0 saturated carbocycles. The molecule has 1 N–H and O–H groups in total. The van der Waals surface area contributed by atoms with Gasteiger partial charge in [0.25, 0.3) is 0 Å². The first-order valence-corrected chi connectivity index (χ1v) is 8.75. The number of sulfonamides is 1. The molecular weight excluding hydrogens is 298 g/mol. The van der Waals surface area contributed by atoms with Gasteiger partial charge in [0, 0.05) is 13.0 Å². The fraction of sp³-hybridized carbons (Fsp3) is 0.294. The topological polar surface area (TPSA) is 55.4 Å². The molecule has 0 fully saturated rings. The van der Waals surface area contributed by atoms with Crippen LogP contribution in [0.25, 0.3) is 0 Å². The Morgan fingerprint density at radius 3 is 2.68 bits per heavy atom. The summed E-state index contributed by atoms with van der Waals surface area (Å²) in [4.78, 5) is 0.306. The monoisotopic (exact) mass is 317 g/mol. The maximum atomic E-state index is 12.4. The van der Waals surface area contributed by atoms with Gasteiger partial charge in [0.2, 0.25) is 10.0 Å². The van der Waals surface area contributed by atoms with E-state index >= 15 is 0 Å². The number of aryl methyl sites for hydroxylation is 2. The Labute approximate surface area is 131 Å². The third kappa shape index (κ3) is 3.00. The van der Waals surface area contributed by atoms with Crippen molar-refractivity contribution in [3.05, 3.63) is 58.7 Å². The molecule has 0 bridgehead atoms. The van der Waals surface area contributed by atoms with Crippen LogP contribution in [-0.4, -0.2) is 15.0 Å². The number of benzene rings is 2. The molecule has 0 radical (unpaired) electrons. The van der Waals surface area contributed by atoms with Gasteiger partial charge in [-0.15, -0.1) is 0 Å².